The van der Waals surface area contributed by atoms with Crippen molar-refractivity contribution in [3.8, 4) is 11.6 Å². The lowest BCUT2D eigenvalue weighted by Crippen LogP contribution is -2.03. The van der Waals surface area contributed by atoms with Crippen LogP contribution in [0.1, 0.15) is 12.1 Å². The molecular weight excluding hydrogens is 242 g/mol. The molecule has 0 atom stereocenters. The lowest BCUT2D eigenvalue weighted by atomic mass is 10.2. The van der Waals surface area contributed by atoms with Crippen molar-refractivity contribution in [2.24, 2.45) is 0 Å². The Hall–Kier alpha value is -2.36. The molecule has 2 rings (SSSR count). The van der Waals surface area contributed by atoms with Gasteiger partial charge in [0.2, 0.25) is 5.88 Å². The van der Waals surface area contributed by atoms with Gasteiger partial charge in [0.05, 0.1) is 13.5 Å². The van der Waals surface area contributed by atoms with Gasteiger partial charge in [0.25, 0.3) is 0 Å². The Morgan fingerprint density at radius 3 is 2.63 bits per heavy atom. The number of rotatable bonds is 5. The Bertz CT molecular complexity index is 540. The lowest BCUT2D eigenvalue weighted by Gasteiger charge is -2.06. The van der Waals surface area contributed by atoms with Crippen LogP contribution in [0.25, 0.3) is 0 Å². The summed E-state index contributed by atoms with van der Waals surface area (Å²) in [5.74, 6) is 1.02. The molecule has 0 bridgehead atoms. The van der Waals surface area contributed by atoms with Gasteiger partial charge in [-0.2, -0.15) is 0 Å². The van der Waals surface area contributed by atoms with Crippen LogP contribution in [0.15, 0.2) is 48.5 Å². The van der Waals surface area contributed by atoms with Gasteiger partial charge in [0.1, 0.15) is 5.75 Å². The Labute approximate surface area is 112 Å². The zero-order valence-electron chi connectivity index (χ0n) is 10.7. The van der Waals surface area contributed by atoms with Crippen molar-refractivity contribution in [1.29, 1.82) is 0 Å². The molecule has 0 amide bonds. The molecule has 0 fully saturated rings. The highest BCUT2D eigenvalue weighted by atomic mass is 16.5. The predicted octanol–water partition coefficient (Wildman–Crippen LogP) is 2.98. The summed E-state index contributed by atoms with van der Waals surface area (Å²) in [4.78, 5) is 15.4. The Morgan fingerprint density at radius 2 is 1.89 bits per heavy atom. The maximum Gasteiger partial charge on any atom is 0.305 e. The second kappa shape index (κ2) is 6.54. The van der Waals surface area contributed by atoms with E-state index in [2.05, 4.69) is 9.72 Å². The monoisotopic (exact) mass is 257 g/mol. The molecule has 0 aliphatic carbocycles. The number of nitrogens with zero attached hydrogens (tertiary/aromatic N) is 1. The van der Waals surface area contributed by atoms with Gasteiger partial charge in [0.15, 0.2) is 0 Å². The molecular formula is C15H15NO3. The summed E-state index contributed by atoms with van der Waals surface area (Å²) < 4.78 is 10.2. The summed E-state index contributed by atoms with van der Waals surface area (Å²) in [6, 6.07) is 15.0. The second-order valence-electron chi connectivity index (χ2n) is 3.96. The van der Waals surface area contributed by atoms with Crippen molar-refractivity contribution in [2.45, 2.75) is 12.8 Å². The zero-order chi connectivity index (χ0) is 13.5. The highest BCUT2D eigenvalue weighted by Gasteiger charge is 2.04. The average molecular weight is 257 g/mol. The number of hydrogen-bond donors (Lipinski definition) is 0. The van der Waals surface area contributed by atoms with Crippen LogP contribution in [-0.2, 0) is 16.0 Å². The van der Waals surface area contributed by atoms with Gasteiger partial charge in [0, 0.05) is 18.2 Å². The zero-order valence-corrected chi connectivity index (χ0v) is 10.7. The average Bonchev–Trinajstić information content (AvgIpc) is 2.46. The van der Waals surface area contributed by atoms with Gasteiger partial charge in [-0.05, 0) is 18.2 Å². The quantitative estimate of drug-likeness (QED) is 0.773. The Kier molecular flexibility index (Phi) is 4.50. The van der Waals surface area contributed by atoms with Crippen LogP contribution in [0.2, 0.25) is 0 Å². The molecule has 0 aliphatic rings. The second-order valence-corrected chi connectivity index (χ2v) is 3.96. The first-order chi connectivity index (χ1) is 9.28. The van der Waals surface area contributed by atoms with Crippen LogP contribution >= 0.6 is 0 Å². The topological polar surface area (TPSA) is 48.4 Å². The molecule has 0 aliphatic heterocycles. The minimum atomic E-state index is -0.240. The van der Waals surface area contributed by atoms with Gasteiger partial charge in [-0.25, -0.2) is 4.98 Å². The number of aryl methyl sites for hydroxylation is 1. The molecule has 0 saturated carbocycles. The van der Waals surface area contributed by atoms with E-state index in [4.69, 9.17) is 4.74 Å². The van der Waals surface area contributed by atoms with Crippen LogP contribution in [0.5, 0.6) is 11.6 Å². The van der Waals surface area contributed by atoms with Gasteiger partial charge in [-0.15, -0.1) is 0 Å². The summed E-state index contributed by atoms with van der Waals surface area (Å²) >= 11 is 0. The number of ether oxygens (including phenoxy) is 2. The molecule has 0 saturated heterocycles. The van der Waals surface area contributed by atoms with Crippen molar-refractivity contribution in [1.82, 2.24) is 4.98 Å². The van der Waals surface area contributed by atoms with Crippen molar-refractivity contribution in [3.05, 3.63) is 54.2 Å². The first-order valence-electron chi connectivity index (χ1n) is 6.03. The molecule has 0 spiro atoms. The van der Waals surface area contributed by atoms with Gasteiger partial charge >= 0.3 is 5.97 Å². The summed E-state index contributed by atoms with van der Waals surface area (Å²) in [7, 11) is 1.38. The summed E-state index contributed by atoms with van der Waals surface area (Å²) in [5.41, 5.74) is 0.804. The largest absolute Gasteiger partial charge is 0.469 e. The van der Waals surface area contributed by atoms with Gasteiger partial charge in [-0.1, -0.05) is 24.3 Å². The summed E-state index contributed by atoms with van der Waals surface area (Å²) in [5, 5.41) is 0. The Morgan fingerprint density at radius 1 is 1.11 bits per heavy atom. The first kappa shape index (κ1) is 13.1. The number of carbonyl (C=O) groups excluding carboxylic acids is 1. The Balaban J connectivity index is 2.01. The molecule has 0 unspecified atom stereocenters. The smallest absolute Gasteiger partial charge is 0.305 e. The maximum absolute atomic E-state index is 11.1. The van der Waals surface area contributed by atoms with E-state index < -0.39 is 0 Å². The highest BCUT2D eigenvalue weighted by Crippen LogP contribution is 2.19. The van der Waals surface area contributed by atoms with Crippen LogP contribution in [-0.4, -0.2) is 18.1 Å². The summed E-state index contributed by atoms with van der Waals surface area (Å²) in [6.45, 7) is 0. The molecule has 1 heterocycles. The van der Waals surface area contributed by atoms with Crippen LogP contribution < -0.4 is 4.74 Å². The van der Waals surface area contributed by atoms with E-state index in [0.717, 1.165) is 11.4 Å². The molecule has 19 heavy (non-hydrogen) atoms. The van der Waals surface area contributed by atoms with E-state index in [9.17, 15) is 4.79 Å². The molecule has 0 N–H and O–H groups in total. The molecule has 4 nitrogen and oxygen atoms in total. The van der Waals surface area contributed by atoms with E-state index in [1.165, 1.54) is 7.11 Å². The molecule has 98 valence electrons. The molecule has 1 aromatic carbocycles. The van der Waals surface area contributed by atoms with Gasteiger partial charge < -0.3 is 9.47 Å². The third kappa shape index (κ3) is 4.10. The number of aromatic nitrogens is 1. The van der Waals surface area contributed by atoms with E-state index >= 15 is 0 Å². The minimum absolute atomic E-state index is 0.240. The van der Waals surface area contributed by atoms with Crippen molar-refractivity contribution in [2.75, 3.05) is 7.11 Å². The van der Waals surface area contributed by atoms with E-state index in [-0.39, 0.29) is 5.97 Å². The third-order valence-electron chi connectivity index (χ3n) is 2.56. The number of benzene rings is 1. The van der Waals surface area contributed by atoms with Crippen molar-refractivity contribution >= 4 is 5.97 Å². The number of esters is 1. The molecule has 4 heteroatoms. The number of para-hydroxylation sites is 1. The van der Waals surface area contributed by atoms with Crippen LogP contribution in [0, 0.1) is 0 Å². The fourth-order valence-electron chi connectivity index (χ4n) is 1.60. The lowest BCUT2D eigenvalue weighted by molar-refractivity contribution is -0.140. The van der Waals surface area contributed by atoms with Crippen molar-refractivity contribution in [3.63, 3.8) is 0 Å². The number of pyridine rings is 1. The van der Waals surface area contributed by atoms with E-state index in [1.807, 2.05) is 42.5 Å². The normalized spacial score (nSPS) is 9.95. The summed E-state index contributed by atoms with van der Waals surface area (Å²) in [6.07, 6.45) is 0.858. The SMILES string of the molecule is COC(=O)CCc1cccc(Oc2ccccc2)n1. The van der Waals surface area contributed by atoms with Gasteiger partial charge in [-0.3, -0.25) is 4.79 Å². The number of methoxy groups -OCH3 is 1. The fourth-order valence-corrected chi connectivity index (χ4v) is 1.60. The minimum Gasteiger partial charge on any atom is -0.469 e. The third-order valence-corrected chi connectivity index (χ3v) is 2.56. The first-order valence-corrected chi connectivity index (χ1v) is 6.03. The number of hydrogen-bond acceptors (Lipinski definition) is 4. The van der Waals surface area contributed by atoms with Crippen molar-refractivity contribution < 1.29 is 14.3 Å². The van der Waals surface area contributed by atoms with E-state index in [1.54, 1.807) is 6.07 Å². The van der Waals surface area contributed by atoms with Crippen LogP contribution in [0.4, 0.5) is 0 Å². The van der Waals surface area contributed by atoms with Crippen LogP contribution in [0.3, 0.4) is 0 Å². The molecule has 2 aromatic rings. The molecule has 1 aromatic heterocycles. The highest BCUT2D eigenvalue weighted by molar-refractivity contribution is 5.69. The van der Waals surface area contributed by atoms with E-state index in [0.29, 0.717) is 18.7 Å². The predicted molar refractivity (Wildman–Crippen MR) is 71.1 cm³/mol. The maximum atomic E-state index is 11.1. The standard InChI is InChI=1S/C15H15NO3/c1-18-15(17)11-10-12-6-5-9-14(16-12)19-13-7-3-2-4-8-13/h2-9H,10-11H2,1H3. The molecule has 0 radical (unpaired) electrons. The number of carbonyl (C=O) groups is 1. The fraction of sp³-hybridized carbons (Fsp3) is 0.200.